The molecule has 4 rings (SSSR count). The van der Waals surface area contributed by atoms with Gasteiger partial charge in [-0.05, 0) is 12.1 Å². The number of aliphatic hydroxyl groups excluding tert-OH is 1. The van der Waals surface area contributed by atoms with E-state index in [0.29, 0.717) is 16.2 Å². The number of fused-ring (bicyclic) bond motifs is 2. The zero-order valence-electron chi connectivity index (χ0n) is 15.1. The van der Waals surface area contributed by atoms with Gasteiger partial charge in [0.1, 0.15) is 28.5 Å². The molecule has 0 saturated heterocycles. The Morgan fingerprint density at radius 3 is 2.93 bits per heavy atom. The topological polar surface area (TPSA) is 119 Å². The quantitative estimate of drug-likeness (QED) is 0.174. The molecule has 0 aliphatic carbocycles. The minimum atomic E-state index is -0.675. The van der Waals surface area contributed by atoms with E-state index in [1.807, 2.05) is 24.3 Å². The highest BCUT2D eigenvalue weighted by Gasteiger charge is 2.22. The third-order valence-electron chi connectivity index (χ3n) is 4.14. The van der Waals surface area contributed by atoms with Gasteiger partial charge in [-0.25, -0.2) is 19.7 Å². The van der Waals surface area contributed by atoms with Crippen LogP contribution in [0.4, 0.5) is 0 Å². The molecule has 0 unspecified atom stereocenters. The fourth-order valence-corrected chi connectivity index (χ4v) is 3.63. The van der Waals surface area contributed by atoms with Crippen LogP contribution in [-0.2, 0) is 16.6 Å². The Morgan fingerprint density at radius 2 is 2.14 bits per heavy atom. The second-order valence-corrected chi connectivity index (χ2v) is 6.85. The van der Waals surface area contributed by atoms with Crippen molar-refractivity contribution >= 4 is 45.4 Å². The van der Waals surface area contributed by atoms with E-state index in [1.165, 1.54) is 25.2 Å². The maximum Gasteiger partial charge on any atom is 0.345 e. The van der Waals surface area contributed by atoms with Crippen molar-refractivity contribution in [3.05, 3.63) is 48.4 Å². The molecule has 0 atom stereocenters. The summed E-state index contributed by atoms with van der Waals surface area (Å²) in [4.78, 5) is 28.2. The number of esters is 1. The molecule has 1 aromatic carbocycles. The standard InChI is InChI=1S/C18H16N6O3S/c1-24-16-10(7-21-24)17(20-9-19-16)28-8-13(25)14(18(26)27-2)15-22-11-5-3-4-6-12(11)23-15/h3-7,9,25H,8H2,1-2H3,(H,22,23)/b14-13+. The number of aromatic amines is 1. The van der Waals surface area contributed by atoms with E-state index in [4.69, 9.17) is 4.74 Å². The van der Waals surface area contributed by atoms with Gasteiger partial charge >= 0.3 is 5.97 Å². The van der Waals surface area contributed by atoms with E-state index >= 15 is 0 Å². The van der Waals surface area contributed by atoms with Crippen molar-refractivity contribution in [2.75, 3.05) is 12.9 Å². The van der Waals surface area contributed by atoms with Gasteiger partial charge in [0.15, 0.2) is 5.65 Å². The first kappa shape index (κ1) is 18.0. The second kappa shape index (κ2) is 7.31. The van der Waals surface area contributed by atoms with Crippen LogP contribution in [0.25, 0.3) is 27.6 Å². The first-order valence-electron chi connectivity index (χ1n) is 8.29. The molecule has 0 radical (unpaired) electrons. The van der Waals surface area contributed by atoms with Gasteiger partial charge in [-0.1, -0.05) is 23.9 Å². The molecule has 142 valence electrons. The van der Waals surface area contributed by atoms with E-state index in [-0.39, 0.29) is 22.9 Å². The number of carbonyl (C=O) groups is 1. The summed E-state index contributed by atoms with van der Waals surface area (Å²) in [6.45, 7) is 0. The normalized spacial score (nSPS) is 12.4. The van der Waals surface area contributed by atoms with Crippen LogP contribution in [0.15, 0.2) is 47.6 Å². The Kier molecular flexibility index (Phi) is 4.70. The average Bonchev–Trinajstić information content (AvgIpc) is 3.30. The number of benzene rings is 1. The van der Waals surface area contributed by atoms with Gasteiger partial charge in [-0.3, -0.25) is 4.68 Å². The number of imidazole rings is 1. The summed E-state index contributed by atoms with van der Waals surface area (Å²) in [5.41, 5.74) is 2.12. The minimum Gasteiger partial charge on any atom is -0.510 e. The highest BCUT2D eigenvalue weighted by molar-refractivity contribution is 7.99. The fourth-order valence-electron chi connectivity index (χ4n) is 2.79. The Morgan fingerprint density at radius 1 is 1.32 bits per heavy atom. The number of nitrogens with one attached hydrogen (secondary N) is 1. The Balaban J connectivity index is 1.69. The summed E-state index contributed by atoms with van der Waals surface area (Å²) in [6, 6.07) is 7.36. The molecule has 0 aliphatic rings. The maximum absolute atomic E-state index is 12.3. The molecular formula is C18H16N6O3S. The number of thioether (sulfide) groups is 1. The summed E-state index contributed by atoms with van der Waals surface area (Å²) in [6.07, 6.45) is 3.10. The first-order valence-corrected chi connectivity index (χ1v) is 9.28. The Labute approximate surface area is 163 Å². The van der Waals surface area contributed by atoms with Crippen molar-refractivity contribution in [2.45, 2.75) is 5.03 Å². The molecule has 0 saturated carbocycles. The van der Waals surface area contributed by atoms with Crippen LogP contribution < -0.4 is 0 Å². The van der Waals surface area contributed by atoms with Crippen molar-refractivity contribution in [3.63, 3.8) is 0 Å². The van der Waals surface area contributed by atoms with Gasteiger partial charge in [0.05, 0.1) is 35.5 Å². The van der Waals surface area contributed by atoms with E-state index in [0.717, 1.165) is 10.9 Å². The van der Waals surface area contributed by atoms with Gasteiger partial charge in [0.2, 0.25) is 0 Å². The lowest BCUT2D eigenvalue weighted by Crippen LogP contribution is -2.10. The minimum absolute atomic E-state index is 0.0114. The molecular weight excluding hydrogens is 380 g/mol. The van der Waals surface area contributed by atoms with Crippen LogP contribution in [0.2, 0.25) is 0 Å². The van der Waals surface area contributed by atoms with Gasteiger partial charge in [0, 0.05) is 7.05 Å². The molecule has 28 heavy (non-hydrogen) atoms. The number of nitrogens with zero attached hydrogens (tertiary/aromatic N) is 5. The number of aromatic nitrogens is 6. The van der Waals surface area contributed by atoms with Gasteiger partial charge in [-0.2, -0.15) is 5.10 Å². The van der Waals surface area contributed by atoms with Crippen LogP contribution in [0.3, 0.4) is 0 Å². The number of rotatable bonds is 5. The number of carbonyl (C=O) groups excluding carboxylic acids is 1. The first-order chi connectivity index (χ1) is 13.6. The number of aliphatic hydroxyl groups is 1. The third kappa shape index (κ3) is 3.18. The zero-order valence-corrected chi connectivity index (χ0v) is 15.9. The number of ether oxygens (including phenoxy) is 1. The van der Waals surface area contributed by atoms with Gasteiger partial charge in [0.25, 0.3) is 0 Å². The maximum atomic E-state index is 12.3. The smallest absolute Gasteiger partial charge is 0.345 e. The van der Waals surface area contributed by atoms with E-state index in [9.17, 15) is 9.90 Å². The molecule has 10 heteroatoms. The van der Waals surface area contributed by atoms with Crippen LogP contribution >= 0.6 is 11.8 Å². The van der Waals surface area contributed by atoms with Crippen LogP contribution in [0.5, 0.6) is 0 Å². The predicted octanol–water partition coefficient (Wildman–Crippen LogP) is 2.47. The molecule has 0 spiro atoms. The number of methoxy groups -OCH3 is 1. The van der Waals surface area contributed by atoms with Crippen molar-refractivity contribution in [2.24, 2.45) is 7.05 Å². The zero-order chi connectivity index (χ0) is 19.7. The molecule has 0 bridgehead atoms. The molecule has 2 N–H and O–H groups in total. The number of para-hydroxylation sites is 2. The van der Waals surface area contributed by atoms with Crippen molar-refractivity contribution in [3.8, 4) is 0 Å². The highest BCUT2D eigenvalue weighted by atomic mass is 32.2. The SMILES string of the molecule is COC(=O)/C(=C(/O)CSc1ncnc2c1cnn2C)c1nc2ccccc2[nH]1. The molecule has 0 amide bonds. The third-order valence-corrected chi connectivity index (χ3v) is 5.16. The predicted molar refractivity (Wildman–Crippen MR) is 105 cm³/mol. The lowest BCUT2D eigenvalue weighted by atomic mass is 10.2. The number of H-pyrrole nitrogens is 1. The van der Waals surface area contributed by atoms with E-state index in [1.54, 1.807) is 17.9 Å². The molecule has 4 aromatic rings. The lowest BCUT2D eigenvalue weighted by molar-refractivity contribution is -0.133. The van der Waals surface area contributed by atoms with Crippen LogP contribution in [0.1, 0.15) is 5.82 Å². The summed E-state index contributed by atoms with van der Waals surface area (Å²) in [7, 11) is 3.05. The molecule has 3 aromatic heterocycles. The molecule has 0 aliphatic heterocycles. The largest absolute Gasteiger partial charge is 0.510 e. The van der Waals surface area contributed by atoms with Gasteiger partial charge < -0.3 is 14.8 Å². The van der Waals surface area contributed by atoms with Gasteiger partial charge in [-0.15, -0.1) is 0 Å². The van der Waals surface area contributed by atoms with Crippen molar-refractivity contribution in [1.82, 2.24) is 29.7 Å². The molecule has 0 fully saturated rings. The average molecular weight is 396 g/mol. The molecule has 3 heterocycles. The van der Waals surface area contributed by atoms with E-state index < -0.39 is 5.97 Å². The Hall–Kier alpha value is -3.40. The second-order valence-electron chi connectivity index (χ2n) is 5.89. The van der Waals surface area contributed by atoms with Crippen molar-refractivity contribution < 1.29 is 14.6 Å². The summed E-state index contributed by atoms with van der Waals surface area (Å²) in [5.74, 6) is -0.485. The molecule has 9 nitrogen and oxygen atoms in total. The number of aryl methyl sites for hydroxylation is 1. The summed E-state index contributed by atoms with van der Waals surface area (Å²) < 4.78 is 6.49. The van der Waals surface area contributed by atoms with Crippen LogP contribution in [-0.4, -0.2) is 53.7 Å². The summed E-state index contributed by atoms with van der Waals surface area (Å²) >= 11 is 1.27. The lowest BCUT2D eigenvalue weighted by Gasteiger charge is -2.07. The monoisotopic (exact) mass is 396 g/mol. The van der Waals surface area contributed by atoms with Crippen molar-refractivity contribution in [1.29, 1.82) is 0 Å². The Bertz CT molecular complexity index is 1180. The number of hydrogen-bond acceptors (Lipinski definition) is 8. The van der Waals surface area contributed by atoms with E-state index in [2.05, 4.69) is 25.0 Å². The fraction of sp³-hybridized carbons (Fsp3) is 0.167. The van der Waals surface area contributed by atoms with Crippen LogP contribution in [0, 0.1) is 0 Å². The summed E-state index contributed by atoms with van der Waals surface area (Å²) in [5, 5.41) is 16.3. The number of hydrogen-bond donors (Lipinski definition) is 2. The highest BCUT2D eigenvalue weighted by Crippen LogP contribution is 2.28.